The number of esters is 1. The molecule has 35 heavy (non-hydrogen) atoms. The molecule has 8 heteroatoms. The summed E-state index contributed by atoms with van der Waals surface area (Å²) in [5, 5.41) is 8.41. The number of ether oxygens (including phenoxy) is 1. The molecule has 0 spiro atoms. The summed E-state index contributed by atoms with van der Waals surface area (Å²) in [6.07, 6.45) is 0.408. The van der Waals surface area contributed by atoms with Crippen LogP contribution in [0.25, 0.3) is 16.7 Å². The number of rotatable bonds is 7. The highest BCUT2D eigenvalue weighted by Gasteiger charge is 2.20. The van der Waals surface area contributed by atoms with E-state index in [0.717, 1.165) is 28.0 Å². The number of aryl methyl sites for hydroxylation is 3. The molecule has 0 aliphatic rings. The van der Waals surface area contributed by atoms with Crippen LogP contribution in [0.5, 0.6) is 0 Å². The minimum Gasteiger partial charge on any atom is -0.462 e. The third-order valence-electron chi connectivity index (χ3n) is 6.00. The van der Waals surface area contributed by atoms with Crippen molar-refractivity contribution in [3.63, 3.8) is 0 Å². The van der Waals surface area contributed by atoms with Gasteiger partial charge in [-0.25, -0.2) is 9.48 Å². The molecular weight excluding hydrogens is 444 g/mol. The van der Waals surface area contributed by atoms with E-state index in [0.29, 0.717) is 16.8 Å². The van der Waals surface area contributed by atoms with Gasteiger partial charge in [-0.1, -0.05) is 24.3 Å². The summed E-state index contributed by atoms with van der Waals surface area (Å²) in [4.78, 5) is 37.9. The molecule has 2 aromatic heterocycles. The highest BCUT2D eigenvalue weighted by atomic mass is 16.5. The first-order valence-electron chi connectivity index (χ1n) is 11.5. The number of benzene rings is 2. The van der Waals surface area contributed by atoms with Gasteiger partial charge in [-0.15, -0.1) is 0 Å². The fourth-order valence-electron chi connectivity index (χ4n) is 4.32. The maximum atomic E-state index is 13.3. The lowest BCUT2D eigenvalue weighted by molar-refractivity contribution is -0.116. The van der Waals surface area contributed by atoms with Crippen molar-refractivity contribution in [3.8, 4) is 5.69 Å². The highest BCUT2D eigenvalue weighted by Crippen LogP contribution is 2.26. The van der Waals surface area contributed by atoms with Gasteiger partial charge >= 0.3 is 5.97 Å². The van der Waals surface area contributed by atoms with Gasteiger partial charge in [-0.05, 0) is 63.1 Å². The second-order valence-corrected chi connectivity index (χ2v) is 8.35. The molecule has 0 aliphatic carbocycles. The molecule has 0 radical (unpaired) electrons. The largest absolute Gasteiger partial charge is 0.462 e. The molecule has 1 amide bonds. The SMILES string of the molecule is CCOC(=O)c1cccc(NC(=O)CCc2c(C)c3c(C)nn(-c4ccccc4)c3n(C)c2=O)c1. The Morgan fingerprint density at radius 2 is 1.80 bits per heavy atom. The van der Waals surface area contributed by atoms with Crippen LogP contribution >= 0.6 is 0 Å². The number of hydrogen-bond donors (Lipinski definition) is 1. The predicted molar refractivity (Wildman–Crippen MR) is 135 cm³/mol. The number of aromatic nitrogens is 3. The van der Waals surface area contributed by atoms with Gasteiger partial charge in [0.05, 0.1) is 23.6 Å². The molecule has 0 atom stereocenters. The quantitative estimate of drug-likeness (QED) is 0.409. The molecule has 0 saturated carbocycles. The number of carbonyl (C=O) groups excluding carboxylic acids is 2. The zero-order valence-electron chi connectivity index (χ0n) is 20.3. The van der Waals surface area contributed by atoms with Crippen molar-refractivity contribution >= 4 is 28.6 Å². The number of pyridine rings is 1. The molecule has 0 aliphatic heterocycles. The number of anilines is 1. The van der Waals surface area contributed by atoms with E-state index in [1.807, 2.05) is 44.2 Å². The van der Waals surface area contributed by atoms with Gasteiger partial charge in [0, 0.05) is 30.1 Å². The smallest absolute Gasteiger partial charge is 0.338 e. The normalized spacial score (nSPS) is 11.0. The average molecular weight is 473 g/mol. The summed E-state index contributed by atoms with van der Waals surface area (Å²) >= 11 is 0. The van der Waals surface area contributed by atoms with E-state index in [4.69, 9.17) is 9.84 Å². The van der Waals surface area contributed by atoms with Gasteiger partial charge in [0.25, 0.3) is 5.56 Å². The van der Waals surface area contributed by atoms with E-state index >= 15 is 0 Å². The van der Waals surface area contributed by atoms with Crippen LogP contribution in [-0.2, 0) is 23.0 Å². The monoisotopic (exact) mass is 472 g/mol. The van der Waals surface area contributed by atoms with E-state index in [1.165, 1.54) is 0 Å². The molecule has 4 rings (SSSR count). The summed E-state index contributed by atoms with van der Waals surface area (Å²) in [6, 6.07) is 16.3. The van der Waals surface area contributed by atoms with Gasteiger partial charge in [0.1, 0.15) is 5.65 Å². The van der Waals surface area contributed by atoms with Crippen molar-refractivity contribution < 1.29 is 14.3 Å². The number of hydrogen-bond acceptors (Lipinski definition) is 5. The first kappa shape index (κ1) is 23.9. The van der Waals surface area contributed by atoms with Crippen LogP contribution in [0.1, 0.15) is 40.5 Å². The number of nitrogens with zero attached hydrogens (tertiary/aromatic N) is 3. The number of amides is 1. The first-order chi connectivity index (χ1) is 16.8. The molecule has 8 nitrogen and oxygen atoms in total. The van der Waals surface area contributed by atoms with Crippen molar-refractivity contribution in [1.29, 1.82) is 0 Å². The Bertz CT molecular complexity index is 1470. The fourth-order valence-corrected chi connectivity index (χ4v) is 4.32. The Balaban J connectivity index is 1.58. The predicted octanol–water partition coefficient (Wildman–Crippen LogP) is 4.09. The van der Waals surface area contributed by atoms with Gasteiger partial charge in [0.2, 0.25) is 5.91 Å². The molecule has 0 unspecified atom stereocenters. The van der Waals surface area contributed by atoms with E-state index in [2.05, 4.69) is 5.32 Å². The fraction of sp³-hybridized carbons (Fsp3) is 0.259. The highest BCUT2D eigenvalue weighted by molar-refractivity contribution is 5.94. The summed E-state index contributed by atoms with van der Waals surface area (Å²) < 4.78 is 8.40. The van der Waals surface area contributed by atoms with E-state index < -0.39 is 5.97 Å². The molecule has 0 bridgehead atoms. The van der Waals surface area contributed by atoms with Gasteiger partial charge in [0.15, 0.2) is 0 Å². The van der Waals surface area contributed by atoms with Crippen LogP contribution < -0.4 is 10.9 Å². The van der Waals surface area contributed by atoms with Crippen molar-refractivity contribution in [2.75, 3.05) is 11.9 Å². The Hall–Kier alpha value is -4.20. The van der Waals surface area contributed by atoms with Crippen molar-refractivity contribution in [3.05, 3.63) is 87.3 Å². The third-order valence-corrected chi connectivity index (χ3v) is 6.00. The summed E-state index contributed by atoms with van der Waals surface area (Å²) in [5.74, 6) is -0.688. The maximum Gasteiger partial charge on any atom is 0.338 e. The summed E-state index contributed by atoms with van der Waals surface area (Å²) in [6.45, 7) is 5.84. The van der Waals surface area contributed by atoms with Crippen LogP contribution in [-0.4, -0.2) is 32.8 Å². The minimum absolute atomic E-state index is 0.122. The van der Waals surface area contributed by atoms with Crippen LogP contribution in [0.15, 0.2) is 59.4 Å². The summed E-state index contributed by atoms with van der Waals surface area (Å²) in [7, 11) is 1.73. The minimum atomic E-state index is -0.442. The molecule has 2 aromatic carbocycles. The number of carbonyl (C=O) groups is 2. The average Bonchev–Trinajstić information content (AvgIpc) is 3.21. The van der Waals surface area contributed by atoms with Crippen molar-refractivity contribution in [2.24, 2.45) is 7.05 Å². The Morgan fingerprint density at radius 3 is 2.51 bits per heavy atom. The first-order valence-corrected chi connectivity index (χ1v) is 11.5. The van der Waals surface area contributed by atoms with Crippen LogP contribution in [0.4, 0.5) is 5.69 Å². The lowest BCUT2D eigenvalue weighted by atomic mass is 10.0. The Morgan fingerprint density at radius 1 is 1.06 bits per heavy atom. The Labute approximate surface area is 203 Å². The van der Waals surface area contributed by atoms with Crippen LogP contribution in [0.2, 0.25) is 0 Å². The molecular formula is C27H28N4O4. The summed E-state index contributed by atoms with van der Waals surface area (Å²) in [5.41, 5.74) is 4.55. The second-order valence-electron chi connectivity index (χ2n) is 8.35. The van der Waals surface area contributed by atoms with E-state index in [9.17, 15) is 14.4 Å². The van der Waals surface area contributed by atoms with Gasteiger partial charge in [-0.2, -0.15) is 5.10 Å². The zero-order valence-corrected chi connectivity index (χ0v) is 20.3. The van der Waals surface area contributed by atoms with Crippen LogP contribution in [0, 0.1) is 13.8 Å². The lowest BCUT2D eigenvalue weighted by Crippen LogP contribution is -2.25. The zero-order chi connectivity index (χ0) is 25.1. The van der Waals surface area contributed by atoms with Gasteiger partial charge < -0.3 is 10.1 Å². The molecule has 0 fully saturated rings. The van der Waals surface area contributed by atoms with Crippen molar-refractivity contribution in [2.45, 2.75) is 33.6 Å². The van der Waals surface area contributed by atoms with Crippen LogP contribution in [0.3, 0.4) is 0 Å². The molecule has 1 N–H and O–H groups in total. The number of para-hydroxylation sites is 1. The topological polar surface area (TPSA) is 95.2 Å². The number of nitrogens with one attached hydrogen (secondary N) is 1. The molecule has 0 saturated heterocycles. The lowest BCUT2D eigenvalue weighted by Gasteiger charge is -2.13. The van der Waals surface area contributed by atoms with E-state index in [1.54, 1.807) is 47.5 Å². The Kier molecular flexibility index (Phi) is 6.82. The molecule has 2 heterocycles. The third kappa shape index (κ3) is 4.73. The van der Waals surface area contributed by atoms with Crippen molar-refractivity contribution in [1.82, 2.24) is 14.3 Å². The molecule has 4 aromatic rings. The van der Waals surface area contributed by atoms with Gasteiger partial charge in [-0.3, -0.25) is 14.2 Å². The number of fused-ring (bicyclic) bond motifs is 1. The standard InChI is InChI=1S/C27H28N4O4/c1-5-35-27(34)19-10-9-11-20(16-19)28-23(32)15-14-22-17(2)24-18(3)29-31(21-12-7-6-8-13-21)25(24)30(4)26(22)33/h6-13,16H,5,14-15H2,1-4H3,(H,28,32). The van der Waals surface area contributed by atoms with E-state index in [-0.39, 0.29) is 30.9 Å². The maximum absolute atomic E-state index is 13.3. The second kappa shape index (κ2) is 9.97. The molecule has 180 valence electrons.